The molecule has 0 radical (unpaired) electrons. The summed E-state index contributed by atoms with van der Waals surface area (Å²) in [5.41, 5.74) is 17.7. The molecule has 8 N–H and O–H groups in total. The Kier molecular flexibility index (Phi) is 23.6. The van der Waals surface area contributed by atoms with Gasteiger partial charge in [0.2, 0.25) is 0 Å². The number of likely N-dealkylation sites (tertiary alicyclic amines) is 1. The van der Waals surface area contributed by atoms with Crippen LogP contribution >= 0.6 is 31.9 Å². The molecule has 108 heavy (non-hydrogen) atoms. The lowest BCUT2D eigenvalue weighted by molar-refractivity contribution is -0.129. The molecular formula is C85H101Br2F5N8O8. The van der Waals surface area contributed by atoms with Crippen LogP contribution in [0.5, 0.6) is 0 Å². The monoisotopic (exact) mass is 1610 g/mol. The van der Waals surface area contributed by atoms with Gasteiger partial charge < -0.3 is 45.3 Å². The summed E-state index contributed by atoms with van der Waals surface area (Å²) in [6.45, 7) is 8.16. The van der Waals surface area contributed by atoms with E-state index in [1.54, 1.807) is 0 Å². The highest BCUT2D eigenvalue weighted by molar-refractivity contribution is 9.10. The molecule has 0 amide bonds. The van der Waals surface area contributed by atoms with Crippen molar-refractivity contribution >= 4 is 115 Å². The predicted octanol–water partition coefficient (Wildman–Crippen LogP) is 13.9. The van der Waals surface area contributed by atoms with E-state index in [-0.39, 0.29) is 110 Å². The zero-order valence-electron chi connectivity index (χ0n) is 62.9. The van der Waals surface area contributed by atoms with Gasteiger partial charge in [-0.3, -0.25) is 33.9 Å². The number of fused-ring (bicyclic) bond motifs is 8. The molecule has 23 heteroatoms. The Morgan fingerprint density at radius 3 is 1.32 bits per heavy atom. The van der Waals surface area contributed by atoms with E-state index in [2.05, 4.69) is 165 Å². The number of aliphatic hydroxyl groups is 4. The van der Waals surface area contributed by atoms with Gasteiger partial charge in [0.1, 0.15) is 41.6 Å². The molecule has 16 rings (SSSR count). The molecule has 8 aliphatic rings. The van der Waals surface area contributed by atoms with E-state index in [9.17, 15) is 61.6 Å². The molecule has 0 spiro atoms. The van der Waals surface area contributed by atoms with Crippen molar-refractivity contribution in [1.29, 1.82) is 0 Å². The van der Waals surface area contributed by atoms with Crippen LogP contribution in [0.4, 0.5) is 22.0 Å². The normalized spacial score (nSPS) is 25.7. The average molecular weight is 1620 g/mol. The van der Waals surface area contributed by atoms with Crippen molar-refractivity contribution in [3.05, 3.63) is 157 Å². The number of aromatic nitrogens is 4. The Hall–Kier alpha value is -6.77. The Morgan fingerprint density at radius 2 is 0.898 bits per heavy atom. The third-order valence-corrected chi connectivity index (χ3v) is 26.7. The van der Waals surface area contributed by atoms with E-state index in [1.807, 2.05) is 44.4 Å². The minimum atomic E-state index is -3.08. The number of Topliss-reactive ketones (excluding diaryl/α,β-unsaturated/α-hetero) is 4. The van der Waals surface area contributed by atoms with Crippen molar-refractivity contribution in [2.75, 3.05) is 80.8 Å². The number of rotatable bonds is 20. The Bertz CT molecular complexity index is 4800. The number of alkyl halides is 5. The summed E-state index contributed by atoms with van der Waals surface area (Å²) in [6.07, 6.45) is 11.2. The van der Waals surface area contributed by atoms with Gasteiger partial charge in [-0.05, 0) is 205 Å². The fraction of sp³-hybridized carbons (Fsp3) is 0.506. The summed E-state index contributed by atoms with van der Waals surface area (Å²) in [7, 11) is 8.17. The quantitative estimate of drug-likeness (QED) is 0.0334. The summed E-state index contributed by atoms with van der Waals surface area (Å²) in [5.74, 6) is -7.51. The first kappa shape index (κ1) is 79.3. The molecule has 0 saturated carbocycles. The maximum Gasteiger partial charge on any atom is 0.250 e. The van der Waals surface area contributed by atoms with Gasteiger partial charge in [-0.1, -0.05) is 73.7 Å². The second kappa shape index (κ2) is 32.1. The van der Waals surface area contributed by atoms with Crippen molar-refractivity contribution in [2.24, 2.45) is 47.3 Å². The van der Waals surface area contributed by atoms with E-state index < -0.39 is 60.6 Å². The summed E-state index contributed by atoms with van der Waals surface area (Å²) in [4.78, 5) is 73.8. The van der Waals surface area contributed by atoms with E-state index in [0.717, 1.165) is 86.8 Å². The van der Waals surface area contributed by atoms with Crippen LogP contribution in [0.1, 0.15) is 111 Å². The van der Waals surface area contributed by atoms with Gasteiger partial charge in [-0.2, -0.15) is 0 Å². The first-order valence-electron chi connectivity index (χ1n) is 38.0. The molecule has 4 aliphatic heterocycles. The van der Waals surface area contributed by atoms with Crippen LogP contribution in [-0.2, 0) is 50.3 Å². The zero-order valence-corrected chi connectivity index (χ0v) is 66.0. The van der Waals surface area contributed by atoms with Crippen LogP contribution in [0.25, 0.3) is 60.3 Å². The molecule has 16 unspecified atom stereocenters. The van der Waals surface area contributed by atoms with Crippen LogP contribution in [0, 0.1) is 47.3 Å². The van der Waals surface area contributed by atoms with Crippen LogP contribution in [0.15, 0.2) is 113 Å². The van der Waals surface area contributed by atoms with Gasteiger partial charge >= 0.3 is 0 Å². The first-order valence-corrected chi connectivity index (χ1v) is 39.6. The molecule has 1 saturated heterocycles. The second-order valence-electron chi connectivity index (χ2n) is 32.4. The van der Waals surface area contributed by atoms with E-state index in [0.29, 0.717) is 32.2 Å². The van der Waals surface area contributed by atoms with Crippen molar-refractivity contribution in [1.82, 2.24) is 39.5 Å². The number of likely N-dealkylation sites (N-methyl/N-ethyl adjacent to an activating group) is 4. The molecule has 578 valence electrons. The number of benzene rings is 4. The lowest BCUT2D eigenvalue weighted by Gasteiger charge is -2.52. The van der Waals surface area contributed by atoms with Crippen LogP contribution < -0.4 is 0 Å². The highest BCUT2D eigenvalue weighted by atomic mass is 79.9. The highest BCUT2D eigenvalue weighted by Gasteiger charge is 2.50. The third-order valence-electron chi connectivity index (χ3n) is 25.3. The second-order valence-corrected chi connectivity index (χ2v) is 34.0. The van der Waals surface area contributed by atoms with Gasteiger partial charge in [0, 0.05) is 199 Å². The standard InChI is InChI=1S/C22H29FN2O2.C21H23BrF2N2O2.C21H24BrFN2O2.C21H25FN2O2/c1-13(23)15(12-26)7-19(27)16-9-22(2)17-5-4-6-18-21(17)14(10-24-18)8-20(22)25(3)11-16;1-21(23,24)12(10-27)7-18(28)11-6-14-13-4-3-5-16-19(13)15(20(22)25-16)8-17(14)26(2)9-11;1-11(23)13(10-26)7-19(27)12-6-15-14-4-3-5-17-20(14)16(21(22)24-17)8-18(15)25(2)9-12;1-12(22)15(11-25)8-20(26)14-6-17-16-4-3-5-18-21(16)13(9-23-18)7-19(17)24(2)10-14/h4-6,10,13,15-16,20,24,26H,7-9,11-12H2,1-3H3;3-6,11-12,17,25,27H,7-10H2,1-2H3;3-6,11-13,18,24,26H,7-10H2,1-2H3;3-6,9,12,14-15,19,23,25H,7-8,10-11H2,1-2H3. The molecule has 8 aromatic rings. The van der Waals surface area contributed by atoms with Gasteiger partial charge in [-0.25, -0.2) is 22.0 Å². The van der Waals surface area contributed by atoms with Crippen LogP contribution in [0.2, 0.25) is 0 Å². The molecule has 4 aromatic carbocycles. The Labute approximate surface area is 644 Å². The first-order chi connectivity index (χ1) is 51.4. The fourth-order valence-electron chi connectivity index (χ4n) is 18.9. The van der Waals surface area contributed by atoms with Crippen molar-refractivity contribution in [3.63, 3.8) is 0 Å². The topological polar surface area (TPSA) is 225 Å². The maximum absolute atomic E-state index is 13.7. The SMILES string of the molecule is CC(F)C(CO)CC(=O)C1C=C2c3cccc4[nH]c(Br)c(c34)CC2N(C)C1.CC(F)C(CO)CC(=O)C1C=C2c3cccc4[nH]cc(c34)CC2N(C)C1.CC(F)C(CO)CC(=O)C1CN(C)C2Cc3c[nH]c4cccc(c34)C2(C)C1.CN1CC(C(=O)CC(CO)C(C)(F)F)C=C2c3cccc4[nH]c(Br)c(c34)CC21. The summed E-state index contributed by atoms with van der Waals surface area (Å²) in [5, 5.41) is 42.4. The fourth-order valence-corrected chi connectivity index (χ4v) is 20.0. The molecule has 8 heterocycles. The number of H-pyrrole nitrogens is 4. The summed E-state index contributed by atoms with van der Waals surface area (Å²) < 4.78 is 70.1. The van der Waals surface area contributed by atoms with Crippen LogP contribution in [0.3, 0.4) is 0 Å². The van der Waals surface area contributed by atoms with Crippen molar-refractivity contribution < 1.29 is 61.6 Å². The average Bonchev–Trinajstić information content (AvgIpc) is 1.42. The van der Waals surface area contributed by atoms with Crippen LogP contribution in [-0.4, -0.2) is 212 Å². The Balaban J connectivity index is 0.000000127. The largest absolute Gasteiger partial charge is 0.396 e. The maximum atomic E-state index is 13.7. The number of hydrogen-bond donors (Lipinski definition) is 8. The minimum Gasteiger partial charge on any atom is -0.396 e. The minimum absolute atomic E-state index is 0.00423. The highest BCUT2D eigenvalue weighted by Crippen LogP contribution is 2.51. The van der Waals surface area contributed by atoms with Gasteiger partial charge in [0.15, 0.2) is 0 Å². The molecule has 4 aliphatic carbocycles. The van der Waals surface area contributed by atoms with Crippen molar-refractivity contribution in [3.8, 4) is 0 Å². The number of aliphatic hydroxyl groups excluding tert-OH is 4. The molecule has 0 bridgehead atoms. The summed E-state index contributed by atoms with van der Waals surface area (Å²) >= 11 is 7.27. The van der Waals surface area contributed by atoms with Gasteiger partial charge in [0.25, 0.3) is 5.92 Å². The van der Waals surface area contributed by atoms with E-state index in [4.69, 9.17) is 0 Å². The lowest BCUT2D eigenvalue weighted by Crippen LogP contribution is -2.58. The van der Waals surface area contributed by atoms with E-state index in [1.165, 1.54) is 87.0 Å². The number of aromatic amines is 4. The molecule has 1 fully saturated rings. The zero-order chi connectivity index (χ0) is 77.3. The number of nitrogens with one attached hydrogen (secondary N) is 4. The molecule has 16 atom stereocenters. The number of piperidine rings is 1. The number of nitrogens with zero attached hydrogens (tertiary/aromatic N) is 4. The molecular weight excluding hydrogens is 1520 g/mol. The van der Waals surface area contributed by atoms with Gasteiger partial charge in [0.05, 0.1) is 21.7 Å². The number of halogens is 7. The number of hydrogen-bond acceptors (Lipinski definition) is 12. The lowest BCUT2D eigenvalue weighted by atomic mass is 9.61. The number of ketones is 4. The van der Waals surface area contributed by atoms with E-state index >= 15 is 0 Å². The summed E-state index contributed by atoms with van der Waals surface area (Å²) in [6, 6.07) is 25.9. The molecule has 4 aromatic heterocycles. The number of carbonyl (C=O) groups excluding carboxylic acids is 4. The smallest absolute Gasteiger partial charge is 0.250 e. The third kappa shape index (κ3) is 15.3. The molecule has 16 nitrogen and oxygen atoms in total. The van der Waals surface area contributed by atoms with Gasteiger partial charge in [-0.15, -0.1) is 0 Å². The predicted molar refractivity (Wildman–Crippen MR) is 422 cm³/mol. The van der Waals surface area contributed by atoms with Crippen molar-refractivity contribution in [2.45, 2.75) is 146 Å². The number of carbonyl (C=O) groups is 4. The Morgan fingerprint density at radius 1 is 0.509 bits per heavy atom.